The largest absolute Gasteiger partial charge is 0.465 e. The second-order valence-electron chi connectivity index (χ2n) is 10.8. The van der Waals surface area contributed by atoms with Gasteiger partial charge in [0.05, 0.1) is 18.3 Å². The highest BCUT2D eigenvalue weighted by atomic mass is 19.4. The summed E-state index contributed by atoms with van der Waals surface area (Å²) in [6.45, 7) is 5.10. The van der Waals surface area contributed by atoms with Crippen molar-refractivity contribution < 1.29 is 41.8 Å². The number of carboxylic acid groups (broad SMARTS) is 1. The molecule has 2 aliphatic heterocycles. The number of aliphatic hydroxyl groups excluding tert-OH is 1. The van der Waals surface area contributed by atoms with E-state index in [0.717, 1.165) is 9.80 Å². The summed E-state index contributed by atoms with van der Waals surface area (Å²) in [6.07, 6.45) is -8.51. The molecule has 3 heterocycles. The van der Waals surface area contributed by atoms with E-state index in [1.807, 2.05) is 0 Å². The molecule has 1 unspecified atom stereocenters. The first kappa shape index (κ1) is 29.9. The molecule has 9 nitrogen and oxygen atoms in total. The van der Waals surface area contributed by atoms with Crippen LogP contribution in [0.1, 0.15) is 69.7 Å². The summed E-state index contributed by atoms with van der Waals surface area (Å²) >= 11 is 0. The minimum atomic E-state index is -4.67. The van der Waals surface area contributed by atoms with Gasteiger partial charge in [-0.2, -0.15) is 13.2 Å². The molecule has 0 aliphatic carbocycles. The van der Waals surface area contributed by atoms with Crippen molar-refractivity contribution in [3.63, 3.8) is 0 Å². The molecule has 1 aromatic rings. The van der Waals surface area contributed by atoms with E-state index in [9.17, 15) is 41.8 Å². The average molecular weight is 552 g/mol. The average Bonchev–Trinajstić information content (AvgIpc) is 2.78. The summed E-state index contributed by atoms with van der Waals surface area (Å²) in [5.74, 6) is -3.64. The Morgan fingerprint density at radius 1 is 1.18 bits per heavy atom. The van der Waals surface area contributed by atoms with Crippen LogP contribution in [-0.2, 0) is 30.4 Å². The van der Waals surface area contributed by atoms with Gasteiger partial charge in [0.15, 0.2) is 5.69 Å². The van der Waals surface area contributed by atoms with Crippen LogP contribution in [0.5, 0.6) is 0 Å². The fourth-order valence-corrected chi connectivity index (χ4v) is 5.11. The Bertz CT molecular complexity index is 1050. The van der Waals surface area contributed by atoms with Crippen LogP contribution in [0.3, 0.4) is 0 Å². The molecule has 0 saturated carbocycles. The zero-order chi connectivity index (χ0) is 28.6. The van der Waals surface area contributed by atoms with Gasteiger partial charge in [0.1, 0.15) is 12.1 Å². The second kappa shape index (κ2) is 10.9. The van der Waals surface area contributed by atoms with Gasteiger partial charge in [0.2, 0.25) is 5.91 Å². The topological polar surface area (TPSA) is 110 Å². The van der Waals surface area contributed by atoms with Gasteiger partial charge in [0.25, 0.3) is 5.92 Å². The van der Waals surface area contributed by atoms with E-state index in [4.69, 9.17) is 0 Å². The van der Waals surface area contributed by atoms with E-state index in [-0.39, 0.29) is 62.4 Å². The first-order valence-corrected chi connectivity index (χ1v) is 12.5. The molecule has 38 heavy (non-hydrogen) atoms. The number of rotatable bonds is 7. The van der Waals surface area contributed by atoms with Crippen molar-refractivity contribution in [1.29, 1.82) is 0 Å². The van der Waals surface area contributed by atoms with Gasteiger partial charge in [-0.15, -0.1) is 0 Å². The number of aryl methyl sites for hydroxylation is 1. The zero-order valence-electron chi connectivity index (χ0n) is 21.9. The Balaban J connectivity index is 1.88. The fourth-order valence-electron chi connectivity index (χ4n) is 5.11. The first-order valence-electron chi connectivity index (χ1n) is 12.5. The highest BCUT2D eigenvalue weighted by Gasteiger charge is 2.44. The van der Waals surface area contributed by atoms with Crippen LogP contribution in [0.4, 0.5) is 26.7 Å². The number of hydrogen-bond acceptors (Lipinski definition) is 6. The third-order valence-corrected chi connectivity index (χ3v) is 6.83. The highest BCUT2D eigenvalue weighted by molar-refractivity contribution is 5.77. The van der Waals surface area contributed by atoms with Crippen molar-refractivity contribution in [1.82, 2.24) is 24.7 Å². The molecule has 0 aromatic carbocycles. The number of aromatic nitrogens is 2. The third kappa shape index (κ3) is 6.87. The molecule has 214 valence electrons. The summed E-state index contributed by atoms with van der Waals surface area (Å²) in [5.41, 5.74) is -1.92. The quantitative estimate of drug-likeness (QED) is 0.499. The highest BCUT2D eigenvalue weighted by Crippen LogP contribution is 2.35. The summed E-state index contributed by atoms with van der Waals surface area (Å²) in [5, 5.41) is 21.1. The van der Waals surface area contributed by atoms with E-state index >= 15 is 0 Å². The molecule has 3 rings (SSSR count). The maximum absolute atomic E-state index is 14.1. The molecule has 0 radical (unpaired) electrons. The molecule has 2 atom stereocenters. The van der Waals surface area contributed by atoms with Crippen LogP contribution < -0.4 is 0 Å². The van der Waals surface area contributed by atoms with Crippen LogP contribution in [-0.4, -0.2) is 90.2 Å². The second-order valence-corrected chi connectivity index (χ2v) is 10.8. The summed E-state index contributed by atoms with van der Waals surface area (Å²) in [4.78, 5) is 35.9. The van der Waals surface area contributed by atoms with Crippen molar-refractivity contribution in [2.24, 2.45) is 0 Å². The maximum Gasteiger partial charge on any atom is 0.433 e. The van der Waals surface area contributed by atoms with Crippen molar-refractivity contribution in [2.75, 3.05) is 19.6 Å². The molecule has 2 aliphatic rings. The van der Waals surface area contributed by atoms with Gasteiger partial charge in [-0.25, -0.2) is 23.5 Å². The first-order chi connectivity index (χ1) is 17.4. The Labute approximate surface area is 217 Å². The fraction of sp³-hybridized carbons (Fsp3) is 0.750. The maximum atomic E-state index is 14.1. The molecule has 0 spiro atoms. The Morgan fingerprint density at radius 3 is 2.39 bits per heavy atom. The van der Waals surface area contributed by atoms with Gasteiger partial charge in [-0.05, 0) is 27.2 Å². The smallest absolute Gasteiger partial charge is 0.433 e. The normalized spacial score (nSPS) is 20.2. The minimum absolute atomic E-state index is 0.0135. The minimum Gasteiger partial charge on any atom is -0.465 e. The molecular weight excluding hydrogens is 517 g/mol. The molecule has 14 heteroatoms. The number of halogens is 5. The van der Waals surface area contributed by atoms with Gasteiger partial charge in [0, 0.05) is 56.4 Å². The molecule has 2 amide bonds. The SMILES string of the molecule is CCc1nc2c(c(C(F)(F)F)n1)CCN(C(O)C[C@@H](CN1CC(F)(F)CCC1=O)N(C(=O)O)C(C)(C)C)C2. The monoisotopic (exact) mass is 551 g/mol. The number of piperidine rings is 1. The number of aliphatic hydroxyl groups is 1. The van der Waals surface area contributed by atoms with E-state index in [1.54, 1.807) is 27.7 Å². The summed E-state index contributed by atoms with van der Waals surface area (Å²) < 4.78 is 69.0. The molecule has 1 saturated heterocycles. The van der Waals surface area contributed by atoms with Gasteiger partial charge in [-0.1, -0.05) is 6.92 Å². The number of nitrogens with zero attached hydrogens (tertiary/aromatic N) is 5. The van der Waals surface area contributed by atoms with Crippen molar-refractivity contribution in [3.8, 4) is 0 Å². The van der Waals surface area contributed by atoms with Gasteiger partial charge in [-0.3, -0.25) is 14.6 Å². The Hall–Kier alpha value is -2.61. The van der Waals surface area contributed by atoms with Gasteiger partial charge < -0.3 is 15.1 Å². The molecule has 0 bridgehead atoms. The molecule has 1 aromatic heterocycles. The van der Waals surface area contributed by atoms with Crippen molar-refractivity contribution in [2.45, 2.75) is 96.3 Å². The van der Waals surface area contributed by atoms with E-state index < -0.39 is 60.6 Å². The lowest BCUT2D eigenvalue weighted by molar-refractivity contribution is -0.149. The standard InChI is InChI=1S/C24H34F5N5O4/c1-5-17-30-16-12-32(9-7-15(16)20(31-17)24(27,28)29)19(36)10-14(34(21(37)38)22(2,3)4)11-33-13-23(25,26)8-6-18(33)35/h14,19,36H,5-13H2,1-4H3,(H,37,38)/t14-,19?/m0/s1. The predicted octanol–water partition coefficient (Wildman–Crippen LogP) is 3.53. The Kier molecular flexibility index (Phi) is 8.56. The van der Waals surface area contributed by atoms with E-state index in [1.165, 1.54) is 4.90 Å². The van der Waals surface area contributed by atoms with Crippen LogP contribution in [0.2, 0.25) is 0 Å². The number of amides is 2. The molecular formula is C24H34F5N5O4. The number of alkyl halides is 5. The lowest BCUT2D eigenvalue weighted by atomic mass is 9.97. The van der Waals surface area contributed by atoms with E-state index in [2.05, 4.69) is 9.97 Å². The Morgan fingerprint density at radius 2 is 1.84 bits per heavy atom. The van der Waals surface area contributed by atoms with Crippen LogP contribution in [0.15, 0.2) is 0 Å². The number of carbonyl (C=O) groups excluding carboxylic acids is 1. The lowest BCUT2D eigenvalue weighted by Gasteiger charge is -2.44. The zero-order valence-corrected chi connectivity index (χ0v) is 21.9. The number of hydrogen-bond donors (Lipinski definition) is 2. The van der Waals surface area contributed by atoms with Crippen LogP contribution in [0, 0.1) is 0 Å². The van der Waals surface area contributed by atoms with Crippen molar-refractivity contribution >= 4 is 12.0 Å². The van der Waals surface area contributed by atoms with Crippen LogP contribution >= 0.6 is 0 Å². The van der Waals surface area contributed by atoms with Gasteiger partial charge >= 0.3 is 12.3 Å². The van der Waals surface area contributed by atoms with E-state index in [0.29, 0.717) is 0 Å². The molecule has 2 N–H and O–H groups in total. The van der Waals surface area contributed by atoms with Crippen molar-refractivity contribution in [3.05, 3.63) is 22.8 Å². The number of fused-ring (bicyclic) bond motifs is 1. The third-order valence-electron chi connectivity index (χ3n) is 6.83. The summed E-state index contributed by atoms with van der Waals surface area (Å²) in [7, 11) is 0. The predicted molar refractivity (Wildman–Crippen MR) is 125 cm³/mol. The summed E-state index contributed by atoms with van der Waals surface area (Å²) in [6, 6.07) is -1.07. The van der Waals surface area contributed by atoms with Crippen LogP contribution in [0.25, 0.3) is 0 Å². The number of carbonyl (C=O) groups is 2. The lowest BCUT2D eigenvalue weighted by Crippen LogP contribution is -2.59. The number of likely N-dealkylation sites (tertiary alicyclic amines) is 1. The molecule has 1 fully saturated rings.